The van der Waals surface area contributed by atoms with Gasteiger partial charge in [-0.2, -0.15) is 0 Å². The number of carbonyl (C=O) groups is 2. The fourth-order valence-electron chi connectivity index (χ4n) is 4.23. The summed E-state index contributed by atoms with van der Waals surface area (Å²) in [7, 11) is 0. The Morgan fingerprint density at radius 2 is 2.00 bits per heavy atom. The average molecular weight is 348 g/mol. The monoisotopic (exact) mass is 348 g/mol. The predicted octanol–water partition coefficient (Wildman–Crippen LogP) is 2.34. The van der Waals surface area contributed by atoms with Gasteiger partial charge in [0.25, 0.3) is 5.91 Å². The Morgan fingerprint density at radius 1 is 1.28 bits per heavy atom. The Labute approximate surface area is 148 Å². The number of hydrogen-bond donors (Lipinski definition) is 3. The highest BCUT2D eigenvalue weighted by Crippen LogP contribution is 2.38. The van der Waals surface area contributed by atoms with Crippen LogP contribution in [-0.4, -0.2) is 34.9 Å². The third-order valence-corrected chi connectivity index (χ3v) is 5.49. The van der Waals surface area contributed by atoms with Gasteiger partial charge < -0.3 is 15.8 Å². The highest BCUT2D eigenvalue weighted by Gasteiger charge is 2.39. The molecule has 2 fully saturated rings. The van der Waals surface area contributed by atoms with Crippen LogP contribution < -0.4 is 16.5 Å². The van der Waals surface area contributed by atoms with Gasteiger partial charge in [-0.1, -0.05) is 19.3 Å². The van der Waals surface area contributed by atoms with E-state index in [0.29, 0.717) is 17.9 Å². The summed E-state index contributed by atoms with van der Waals surface area (Å²) in [5, 5.41) is 3.17. The van der Waals surface area contributed by atoms with Crippen LogP contribution in [0.25, 0.3) is 0 Å². The standard InChI is InChI=1S/C18H28N4O3/c1-12-10-15(13(2)22(12)21-17(19)24)16(23)20-14-6-9-25-18(11-14)7-4-3-5-8-18/h10,14H,3-9,11H2,1-2H3,(H,20,23)(H3,19,21,24). The van der Waals surface area contributed by atoms with Gasteiger partial charge in [0.05, 0.1) is 11.2 Å². The van der Waals surface area contributed by atoms with Gasteiger partial charge in [-0.15, -0.1) is 0 Å². The maximum Gasteiger partial charge on any atom is 0.331 e. The van der Waals surface area contributed by atoms with Gasteiger partial charge in [0.2, 0.25) is 0 Å². The van der Waals surface area contributed by atoms with E-state index in [0.717, 1.165) is 31.4 Å². The van der Waals surface area contributed by atoms with E-state index < -0.39 is 6.03 Å². The summed E-state index contributed by atoms with van der Waals surface area (Å²) in [6.07, 6.45) is 7.61. The number of urea groups is 1. The summed E-state index contributed by atoms with van der Waals surface area (Å²) < 4.78 is 7.64. The first-order valence-electron chi connectivity index (χ1n) is 9.10. The second-order valence-corrected chi connectivity index (χ2v) is 7.35. The maximum atomic E-state index is 12.7. The minimum absolute atomic E-state index is 0.0428. The molecule has 0 bridgehead atoms. The lowest BCUT2D eigenvalue weighted by Gasteiger charge is -2.43. The van der Waals surface area contributed by atoms with E-state index >= 15 is 0 Å². The molecule has 3 rings (SSSR count). The zero-order valence-electron chi connectivity index (χ0n) is 15.1. The van der Waals surface area contributed by atoms with Crippen LogP contribution in [0.1, 0.15) is 66.7 Å². The normalized spacial score (nSPS) is 22.6. The maximum absolute atomic E-state index is 12.7. The average Bonchev–Trinajstić information content (AvgIpc) is 2.83. The Bertz CT molecular complexity index is 656. The van der Waals surface area contributed by atoms with Crippen molar-refractivity contribution in [3.05, 3.63) is 23.0 Å². The van der Waals surface area contributed by atoms with E-state index in [2.05, 4.69) is 10.7 Å². The number of carbonyl (C=O) groups excluding carboxylic acids is 2. The lowest BCUT2D eigenvalue weighted by Crippen LogP contribution is -2.49. The third-order valence-electron chi connectivity index (χ3n) is 5.49. The molecule has 138 valence electrons. The number of hydrogen-bond acceptors (Lipinski definition) is 3. The summed E-state index contributed by atoms with van der Waals surface area (Å²) in [6, 6.07) is 1.25. The molecule has 1 unspecified atom stereocenters. The number of nitrogens with zero attached hydrogens (tertiary/aromatic N) is 1. The van der Waals surface area contributed by atoms with Gasteiger partial charge in [-0.25, -0.2) is 10.2 Å². The van der Waals surface area contributed by atoms with E-state index in [9.17, 15) is 9.59 Å². The fourth-order valence-corrected chi connectivity index (χ4v) is 4.23. The van der Waals surface area contributed by atoms with Crippen molar-refractivity contribution in [2.24, 2.45) is 5.73 Å². The zero-order chi connectivity index (χ0) is 18.0. The fraction of sp³-hybridized carbons (Fsp3) is 0.667. The van der Waals surface area contributed by atoms with Crippen molar-refractivity contribution < 1.29 is 14.3 Å². The Kier molecular flexibility index (Phi) is 5.03. The molecule has 7 heteroatoms. The highest BCUT2D eigenvalue weighted by molar-refractivity contribution is 5.96. The number of aromatic nitrogens is 1. The first-order valence-corrected chi connectivity index (χ1v) is 9.10. The van der Waals surface area contributed by atoms with Crippen LogP contribution in [0.4, 0.5) is 4.79 Å². The molecule has 4 N–H and O–H groups in total. The smallest absolute Gasteiger partial charge is 0.331 e. The molecular formula is C18H28N4O3. The lowest BCUT2D eigenvalue weighted by atomic mass is 9.78. The van der Waals surface area contributed by atoms with Gasteiger partial charge in [0, 0.05) is 24.0 Å². The van der Waals surface area contributed by atoms with Gasteiger partial charge in [-0.3, -0.25) is 9.47 Å². The number of nitrogens with one attached hydrogen (secondary N) is 2. The third kappa shape index (κ3) is 3.81. The largest absolute Gasteiger partial charge is 0.375 e. The van der Waals surface area contributed by atoms with Crippen LogP contribution in [0.5, 0.6) is 0 Å². The van der Waals surface area contributed by atoms with Crippen molar-refractivity contribution >= 4 is 11.9 Å². The van der Waals surface area contributed by atoms with Crippen molar-refractivity contribution in [1.29, 1.82) is 0 Å². The van der Waals surface area contributed by atoms with Gasteiger partial charge >= 0.3 is 6.03 Å². The second kappa shape index (κ2) is 7.07. The molecule has 2 heterocycles. The predicted molar refractivity (Wildman–Crippen MR) is 95.1 cm³/mol. The van der Waals surface area contributed by atoms with Gasteiger partial charge in [-0.05, 0) is 45.6 Å². The number of ether oxygens (including phenoxy) is 1. The quantitative estimate of drug-likeness (QED) is 0.782. The summed E-state index contributed by atoms with van der Waals surface area (Å²) >= 11 is 0. The topological polar surface area (TPSA) is 98.4 Å². The summed E-state index contributed by atoms with van der Waals surface area (Å²) in [4.78, 5) is 23.9. The molecule has 3 amide bonds. The second-order valence-electron chi connectivity index (χ2n) is 7.35. The molecule has 1 saturated carbocycles. The van der Waals surface area contributed by atoms with Crippen molar-refractivity contribution in [3.8, 4) is 0 Å². The number of aryl methyl sites for hydroxylation is 1. The van der Waals surface area contributed by atoms with Crippen molar-refractivity contribution in [2.75, 3.05) is 12.0 Å². The molecule has 0 radical (unpaired) electrons. The van der Waals surface area contributed by atoms with Crippen LogP contribution >= 0.6 is 0 Å². The molecule has 1 aromatic rings. The molecule has 0 aromatic carbocycles. The number of nitrogens with two attached hydrogens (primary N) is 1. The van der Waals surface area contributed by atoms with Crippen LogP contribution in [-0.2, 0) is 4.74 Å². The first kappa shape index (κ1) is 17.8. The molecule has 1 aliphatic carbocycles. The van der Waals surface area contributed by atoms with Crippen molar-refractivity contribution in [1.82, 2.24) is 9.99 Å². The van der Waals surface area contributed by atoms with Crippen LogP contribution in [0.2, 0.25) is 0 Å². The number of rotatable bonds is 3. The van der Waals surface area contributed by atoms with Crippen LogP contribution in [0, 0.1) is 13.8 Å². The summed E-state index contributed by atoms with van der Waals surface area (Å²) in [6.45, 7) is 4.32. The minimum atomic E-state index is -0.655. The molecule has 1 aliphatic heterocycles. The highest BCUT2D eigenvalue weighted by atomic mass is 16.5. The molecule has 1 aromatic heterocycles. The molecule has 7 nitrogen and oxygen atoms in total. The minimum Gasteiger partial charge on any atom is -0.375 e. The van der Waals surface area contributed by atoms with Gasteiger partial charge in [0.15, 0.2) is 0 Å². The lowest BCUT2D eigenvalue weighted by molar-refractivity contribution is -0.107. The summed E-state index contributed by atoms with van der Waals surface area (Å²) in [5.74, 6) is -0.108. The van der Waals surface area contributed by atoms with Crippen molar-refractivity contribution in [2.45, 2.75) is 70.4 Å². The molecule has 1 atom stereocenters. The molecule has 25 heavy (non-hydrogen) atoms. The van der Waals surface area contributed by atoms with E-state index in [1.807, 2.05) is 6.92 Å². The molecular weight excluding hydrogens is 320 g/mol. The Hall–Kier alpha value is -2.02. The van der Waals surface area contributed by atoms with Gasteiger partial charge in [0.1, 0.15) is 0 Å². The van der Waals surface area contributed by atoms with Crippen molar-refractivity contribution in [3.63, 3.8) is 0 Å². The Balaban J connectivity index is 1.69. The number of amides is 3. The summed E-state index contributed by atoms with van der Waals surface area (Å²) in [5.41, 5.74) is 9.67. The van der Waals surface area contributed by atoms with E-state index in [-0.39, 0.29) is 17.6 Å². The number of primary amides is 1. The van der Waals surface area contributed by atoms with E-state index in [4.69, 9.17) is 10.5 Å². The zero-order valence-corrected chi connectivity index (χ0v) is 15.1. The van der Waals surface area contributed by atoms with E-state index in [1.54, 1.807) is 17.7 Å². The van der Waals surface area contributed by atoms with Crippen LogP contribution in [0.3, 0.4) is 0 Å². The first-order chi connectivity index (χ1) is 11.9. The Morgan fingerprint density at radius 3 is 2.68 bits per heavy atom. The van der Waals surface area contributed by atoms with Crippen LogP contribution in [0.15, 0.2) is 6.07 Å². The molecule has 1 spiro atoms. The SMILES string of the molecule is Cc1cc(C(=O)NC2CCOC3(CCCCC3)C2)c(C)n1NC(N)=O. The molecule has 1 saturated heterocycles. The van der Waals surface area contributed by atoms with E-state index in [1.165, 1.54) is 19.3 Å². The molecule has 2 aliphatic rings.